The number of aliphatic hydroxyl groups is 1. The molecule has 15 heavy (non-hydrogen) atoms. The predicted octanol–water partition coefficient (Wildman–Crippen LogP) is 2.05. The fourth-order valence-electron chi connectivity index (χ4n) is 1.39. The van der Waals surface area contributed by atoms with Gasteiger partial charge in [-0.05, 0) is 24.4 Å². The summed E-state index contributed by atoms with van der Waals surface area (Å²) in [5.41, 5.74) is 1.89. The molecule has 2 aromatic rings. The van der Waals surface area contributed by atoms with E-state index in [1.54, 1.807) is 11.3 Å². The van der Waals surface area contributed by atoms with Gasteiger partial charge in [0.15, 0.2) is 0 Å². The highest BCUT2D eigenvalue weighted by Crippen LogP contribution is 2.23. The van der Waals surface area contributed by atoms with Crippen LogP contribution in [0.2, 0.25) is 0 Å². The minimum absolute atomic E-state index is 0.0906. The van der Waals surface area contributed by atoms with Crippen molar-refractivity contribution in [3.63, 3.8) is 0 Å². The maximum absolute atomic E-state index is 8.85. The van der Waals surface area contributed by atoms with Crippen molar-refractivity contribution >= 4 is 11.3 Å². The van der Waals surface area contributed by atoms with Crippen LogP contribution in [0.5, 0.6) is 0 Å². The van der Waals surface area contributed by atoms with E-state index in [1.165, 1.54) is 0 Å². The minimum Gasteiger partial charge on any atom is -0.396 e. The lowest BCUT2D eigenvalue weighted by atomic mass is 10.2. The van der Waals surface area contributed by atoms with Crippen LogP contribution in [-0.4, -0.2) is 21.7 Å². The zero-order valence-electron chi connectivity index (χ0n) is 8.47. The molecule has 0 atom stereocenters. The molecule has 2 heterocycles. The predicted molar refractivity (Wildman–Crippen MR) is 60.9 cm³/mol. The third-order valence-electron chi connectivity index (χ3n) is 2.01. The SMILES string of the molecule is Cc1cc(-c2cccs2)nc(CCO)n1. The van der Waals surface area contributed by atoms with Crippen LogP contribution >= 0.6 is 11.3 Å². The largest absolute Gasteiger partial charge is 0.396 e. The smallest absolute Gasteiger partial charge is 0.131 e. The number of rotatable bonds is 3. The Morgan fingerprint density at radius 1 is 1.40 bits per heavy atom. The van der Waals surface area contributed by atoms with E-state index in [0.29, 0.717) is 12.2 Å². The molecule has 0 fully saturated rings. The van der Waals surface area contributed by atoms with E-state index in [2.05, 4.69) is 9.97 Å². The van der Waals surface area contributed by atoms with Crippen LogP contribution < -0.4 is 0 Å². The van der Waals surface area contributed by atoms with Crippen molar-refractivity contribution in [3.05, 3.63) is 35.1 Å². The average molecular weight is 220 g/mol. The minimum atomic E-state index is 0.0906. The van der Waals surface area contributed by atoms with Crippen molar-refractivity contribution in [3.8, 4) is 10.6 Å². The molecule has 0 unspecified atom stereocenters. The van der Waals surface area contributed by atoms with Gasteiger partial charge in [-0.15, -0.1) is 11.3 Å². The Labute approximate surface area is 92.5 Å². The lowest BCUT2D eigenvalue weighted by Gasteiger charge is -2.02. The lowest BCUT2D eigenvalue weighted by molar-refractivity contribution is 0.296. The van der Waals surface area contributed by atoms with Crippen LogP contribution in [0.1, 0.15) is 11.5 Å². The van der Waals surface area contributed by atoms with Gasteiger partial charge in [-0.2, -0.15) is 0 Å². The number of hydrogen-bond donors (Lipinski definition) is 1. The molecule has 0 aliphatic rings. The number of aromatic nitrogens is 2. The van der Waals surface area contributed by atoms with Crippen molar-refractivity contribution < 1.29 is 5.11 Å². The first-order valence-corrected chi connectivity index (χ1v) is 5.67. The summed E-state index contributed by atoms with van der Waals surface area (Å²) in [6.07, 6.45) is 0.514. The number of hydrogen-bond acceptors (Lipinski definition) is 4. The van der Waals surface area contributed by atoms with Crippen LogP contribution in [0.25, 0.3) is 10.6 Å². The summed E-state index contributed by atoms with van der Waals surface area (Å²) in [6.45, 7) is 2.03. The molecule has 78 valence electrons. The number of aliphatic hydroxyl groups excluding tert-OH is 1. The van der Waals surface area contributed by atoms with Crippen molar-refractivity contribution in [2.75, 3.05) is 6.61 Å². The molecule has 0 amide bonds. The second kappa shape index (κ2) is 4.51. The quantitative estimate of drug-likeness (QED) is 0.861. The first kappa shape index (κ1) is 10.3. The molecule has 0 saturated carbocycles. The summed E-state index contributed by atoms with van der Waals surface area (Å²) in [7, 11) is 0. The van der Waals surface area contributed by atoms with Gasteiger partial charge in [-0.1, -0.05) is 6.07 Å². The van der Waals surface area contributed by atoms with Crippen LogP contribution in [0.15, 0.2) is 23.6 Å². The molecule has 1 N–H and O–H groups in total. The van der Waals surface area contributed by atoms with Gasteiger partial charge in [0, 0.05) is 12.1 Å². The van der Waals surface area contributed by atoms with Crippen LogP contribution in [0.4, 0.5) is 0 Å². The Morgan fingerprint density at radius 3 is 2.93 bits per heavy atom. The van der Waals surface area contributed by atoms with Gasteiger partial charge in [0.05, 0.1) is 17.2 Å². The van der Waals surface area contributed by atoms with Gasteiger partial charge in [0.2, 0.25) is 0 Å². The van der Waals surface area contributed by atoms with E-state index in [1.807, 2.05) is 30.5 Å². The standard InChI is InChI=1S/C11H12N2OS/c1-8-7-9(10-3-2-6-15-10)13-11(12-8)4-5-14/h2-3,6-7,14H,4-5H2,1H3. The molecule has 0 saturated heterocycles. The van der Waals surface area contributed by atoms with E-state index >= 15 is 0 Å². The fourth-order valence-corrected chi connectivity index (χ4v) is 2.08. The van der Waals surface area contributed by atoms with E-state index in [-0.39, 0.29) is 6.61 Å². The van der Waals surface area contributed by atoms with Crippen molar-refractivity contribution in [2.45, 2.75) is 13.3 Å². The Hall–Kier alpha value is -1.26. The highest BCUT2D eigenvalue weighted by atomic mass is 32.1. The molecule has 3 nitrogen and oxygen atoms in total. The van der Waals surface area contributed by atoms with Crippen LogP contribution in [0.3, 0.4) is 0 Å². The molecule has 0 aromatic carbocycles. The molecular formula is C11H12N2OS. The average Bonchev–Trinajstić information content (AvgIpc) is 2.70. The normalized spacial score (nSPS) is 10.5. The number of nitrogens with zero attached hydrogens (tertiary/aromatic N) is 2. The fraction of sp³-hybridized carbons (Fsp3) is 0.273. The summed E-state index contributed by atoms with van der Waals surface area (Å²) >= 11 is 1.66. The van der Waals surface area contributed by atoms with Crippen LogP contribution in [-0.2, 0) is 6.42 Å². The van der Waals surface area contributed by atoms with E-state index < -0.39 is 0 Å². The first-order valence-electron chi connectivity index (χ1n) is 4.79. The monoisotopic (exact) mass is 220 g/mol. The Kier molecular flexibility index (Phi) is 3.08. The van der Waals surface area contributed by atoms with Crippen molar-refractivity contribution in [1.29, 1.82) is 0 Å². The van der Waals surface area contributed by atoms with E-state index in [9.17, 15) is 0 Å². The third-order valence-corrected chi connectivity index (χ3v) is 2.90. The van der Waals surface area contributed by atoms with Gasteiger partial charge in [0.1, 0.15) is 5.82 Å². The van der Waals surface area contributed by atoms with Gasteiger partial charge in [0.25, 0.3) is 0 Å². The Bertz CT molecular complexity index is 440. The maximum Gasteiger partial charge on any atom is 0.131 e. The molecular weight excluding hydrogens is 208 g/mol. The zero-order chi connectivity index (χ0) is 10.7. The van der Waals surface area contributed by atoms with Gasteiger partial charge < -0.3 is 5.11 Å². The highest BCUT2D eigenvalue weighted by Gasteiger charge is 2.04. The highest BCUT2D eigenvalue weighted by molar-refractivity contribution is 7.13. The van der Waals surface area contributed by atoms with Gasteiger partial charge in [-0.25, -0.2) is 9.97 Å². The topological polar surface area (TPSA) is 46.0 Å². The first-order chi connectivity index (χ1) is 7.29. The second-order valence-electron chi connectivity index (χ2n) is 3.26. The second-order valence-corrected chi connectivity index (χ2v) is 4.21. The molecule has 0 radical (unpaired) electrons. The summed E-state index contributed by atoms with van der Waals surface area (Å²) in [4.78, 5) is 9.81. The van der Waals surface area contributed by atoms with Crippen molar-refractivity contribution in [2.24, 2.45) is 0 Å². The van der Waals surface area contributed by atoms with Crippen molar-refractivity contribution in [1.82, 2.24) is 9.97 Å². The summed E-state index contributed by atoms with van der Waals surface area (Å²) in [5.74, 6) is 0.709. The zero-order valence-corrected chi connectivity index (χ0v) is 9.29. The third kappa shape index (κ3) is 2.40. The summed E-state index contributed by atoms with van der Waals surface area (Å²) in [5, 5.41) is 10.9. The molecule has 0 spiro atoms. The molecule has 0 aliphatic heterocycles. The summed E-state index contributed by atoms with van der Waals surface area (Å²) in [6, 6.07) is 6.00. The summed E-state index contributed by atoms with van der Waals surface area (Å²) < 4.78 is 0. The Balaban J connectivity index is 2.40. The lowest BCUT2D eigenvalue weighted by Crippen LogP contribution is -2.01. The van der Waals surface area contributed by atoms with Gasteiger partial charge >= 0.3 is 0 Å². The molecule has 2 rings (SSSR count). The number of thiophene rings is 1. The molecule has 2 aromatic heterocycles. The van der Waals surface area contributed by atoms with E-state index in [4.69, 9.17) is 5.11 Å². The van der Waals surface area contributed by atoms with E-state index in [0.717, 1.165) is 16.3 Å². The molecule has 0 aliphatic carbocycles. The Morgan fingerprint density at radius 2 is 2.27 bits per heavy atom. The molecule has 0 bridgehead atoms. The number of aryl methyl sites for hydroxylation is 1. The molecule has 4 heteroatoms. The van der Waals surface area contributed by atoms with Crippen LogP contribution in [0, 0.1) is 6.92 Å². The van der Waals surface area contributed by atoms with Gasteiger partial charge in [-0.3, -0.25) is 0 Å². The maximum atomic E-state index is 8.85.